The minimum absolute atomic E-state index is 0.0729. The molecule has 0 aromatic rings. The normalized spacial score (nSPS) is 16.3. The monoisotopic (exact) mass is 422 g/mol. The van der Waals surface area contributed by atoms with Gasteiger partial charge in [0.1, 0.15) is 6.61 Å². The van der Waals surface area contributed by atoms with E-state index in [4.69, 9.17) is 13.9 Å². The molecule has 1 heterocycles. The van der Waals surface area contributed by atoms with Gasteiger partial charge in [-0.15, -0.1) is 6.58 Å². The van der Waals surface area contributed by atoms with E-state index in [1.807, 2.05) is 13.0 Å². The summed E-state index contributed by atoms with van der Waals surface area (Å²) in [6.07, 6.45) is 5.85. The number of allylic oxidation sites excluding steroid dienone is 1. The predicted octanol–water partition coefficient (Wildman–Crippen LogP) is 5.49. The van der Waals surface area contributed by atoms with Crippen LogP contribution in [0.3, 0.4) is 0 Å². The topological polar surface area (TPSA) is 61.8 Å². The lowest BCUT2D eigenvalue weighted by molar-refractivity contribution is -0.139. The van der Waals surface area contributed by atoms with Gasteiger partial charge in [-0.3, -0.25) is 0 Å². The minimum atomic E-state index is -2.01. The first-order valence-electron chi connectivity index (χ1n) is 10.4. The Labute approximate surface area is 177 Å². The average molecular weight is 423 g/mol. The molecule has 0 amide bonds. The predicted molar refractivity (Wildman–Crippen MR) is 119 cm³/mol. The molecule has 0 aromatic carbocycles. The Hall–Kier alpha value is -1.66. The molecule has 0 saturated heterocycles. The fraction of sp³-hybridized carbons (Fsp3) is 0.652. The zero-order chi connectivity index (χ0) is 22.2. The van der Waals surface area contributed by atoms with Crippen molar-refractivity contribution >= 4 is 20.3 Å². The molecule has 5 nitrogen and oxygen atoms in total. The van der Waals surface area contributed by atoms with Crippen LogP contribution < -0.4 is 0 Å². The molecule has 0 spiro atoms. The zero-order valence-corrected chi connectivity index (χ0v) is 20.2. The highest BCUT2D eigenvalue weighted by atomic mass is 28.4. The van der Waals surface area contributed by atoms with Gasteiger partial charge < -0.3 is 13.9 Å². The van der Waals surface area contributed by atoms with Gasteiger partial charge >= 0.3 is 11.9 Å². The van der Waals surface area contributed by atoms with Crippen molar-refractivity contribution in [1.82, 2.24) is 0 Å². The number of carbonyl (C=O) groups is 2. The third-order valence-corrected chi connectivity index (χ3v) is 9.97. The van der Waals surface area contributed by atoms with E-state index in [1.165, 1.54) is 0 Å². The molecular formula is C23H38O5Si. The Morgan fingerprint density at radius 2 is 2.00 bits per heavy atom. The lowest BCUT2D eigenvalue weighted by Crippen LogP contribution is -2.44. The summed E-state index contributed by atoms with van der Waals surface area (Å²) in [6, 6.07) is 0. The first-order chi connectivity index (χ1) is 13.4. The van der Waals surface area contributed by atoms with Crippen LogP contribution in [-0.2, 0) is 23.5 Å². The van der Waals surface area contributed by atoms with Gasteiger partial charge in [0.15, 0.2) is 8.32 Å². The number of carbonyl (C=O) groups excluding carboxylic acids is 2. The van der Waals surface area contributed by atoms with E-state index < -0.39 is 8.32 Å². The molecule has 0 fully saturated rings. The van der Waals surface area contributed by atoms with Crippen molar-refractivity contribution in [1.29, 1.82) is 0 Å². The molecule has 0 aromatic heterocycles. The molecule has 0 saturated carbocycles. The smallest absolute Gasteiger partial charge is 0.334 e. The fourth-order valence-electron chi connectivity index (χ4n) is 2.86. The van der Waals surface area contributed by atoms with Crippen molar-refractivity contribution < 1.29 is 23.5 Å². The zero-order valence-electron chi connectivity index (χ0n) is 19.2. The van der Waals surface area contributed by atoms with Gasteiger partial charge in [-0.05, 0) is 57.3 Å². The van der Waals surface area contributed by atoms with E-state index in [1.54, 1.807) is 13.0 Å². The molecule has 1 atom stereocenters. The van der Waals surface area contributed by atoms with E-state index >= 15 is 0 Å². The van der Waals surface area contributed by atoms with Crippen molar-refractivity contribution in [2.45, 2.75) is 84.5 Å². The van der Waals surface area contributed by atoms with E-state index in [0.29, 0.717) is 50.0 Å². The van der Waals surface area contributed by atoms with Gasteiger partial charge in [-0.2, -0.15) is 0 Å². The minimum Gasteiger partial charge on any atom is -0.463 e. The lowest BCUT2D eigenvalue weighted by Gasteiger charge is -2.39. The van der Waals surface area contributed by atoms with Crippen LogP contribution in [0.2, 0.25) is 18.1 Å². The van der Waals surface area contributed by atoms with Gasteiger partial charge in [-0.1, -0.05) is 32.4 Å². The first-order valence-corrected chi connectivity index (χ1v) is 13.3. The van der Waals surface area contributed by atoms with Crippen LogP contribution in [0.25, 0.3) is 0 Å². The fourth-order valence-corrected chi connectivity index (χ4v) is 4.21. The van der Waals surface area contributed by atoms with Crippen LogP contribution >= 0.6 is 0 Å². The van der Waals surface area contributed by atoms with Gasteiger partial charge in [0.05, 0.1) is 12.7 Å². The second-order valence-electron chi connectivity index (χ2n) is 9.18. The number of ether oxygens (including phenoxy) is 2. The number of esters is 2. The Kier molecular flexibility index (Phi) is 9.56. The molecule has 164 valence electrons. The van der Waals surface area contributed by atoms with Crippen molar-refractivity contribution in [3.05, 3.63) is 35.5 Å². The highest BCUT2D eigenvalue weighted by Crippen LogP contribution is 2.38. The third-order valence-electron chi connectivity index (χ3n) is 5.44. The molecule has 0 unspecified atom stereocenters. The quantitative estimate of drug-likeness (QED) is 0.191. The summed E-state index contributed by atoms with van der Waals surface area (Å²) in [5.41, 5.74) is 2.29. The van der Waals surface area contributed by atoms with Crippen LogP contribution in [0.15, 0.2) is 35.5 Å². The Balaban J connectivity index is 2.97. The maximum absolute atomic E-state index is 12.6. The van der Waals surface area contributed by atoms with Crippen LogP contribution in [0.5, 0.6) is 0 Å². The van der Waals surface area contributed by atoms with Gasteiger partial charge in [0, 0.05) is 17.6 Å². The SMILES string of the molecule is C=C(C)C[C@@H](C/C(=C\CCC1=CCOC1=O)C(=O)OCC)O[Si](C)(C)C(C)(C)C. The Morgan fingerprint density at radius 1 is 1.34 bits per heavy atom. The molecule has 1 aliphatic rings. The molecule has 0 radical (unpaired) electrons. The summed E-state index contributed by atoms with van der Waals surface area (Å²) in [7, 11) is -2.01. The number of hydrogen-bond acceptors (Lipinski definition) is 5. The van der Waals surface area contributed by atoms with E-state index in [-0.39, 0.29) is 23.1 Å². The number of cyclic esters (lactones) is 1. The Morgan fingerprint density at radius 3 is 2.48 bits per heavy atom. The van der Waals surface area contributed by atoms with Crippen LogP contribution in [0.4, 0.5) is 0 Å². The summed E-state index contributed by atoms with van der Waals surface area (Å²) in [5.74, 6) is -0.585. The molecule has 1 rings (SSSR count). The van der Waals surface area contributed by atoms with Crippen LogP contribution in [0.1, 0.15) is 60.3 Å². The second kappa shape index (κ2) is 10.9. The maximum atomic E-state index is 12.6. The van der Waals surface area contributed by atoms with Gasteiger partial charge in [-0.25, -0.2) is 9.59 Å². The highest BCUT2D eigenvalue weighted by molar-refractivity contribution is 6.74. The van der Waals surface area contributed by atoms with Crippen LogP contribution in [0, 0.1) is 0 Å². The maximum Gasteiger partial charge on any atom is 0.334 e. The van der Waals surface area contributed by atoms with Crippen molar-refractivity contribution in [3.8, 4) is 0 Å². The van der Waals surface area contributed by atoms with E-state index in [0.717, 1.165) is 5.57 Å². The van der Waals surface area contributed by atoms with E-state index in [9.17, 15) is 9.59 Å². The summed E-state index contributed by atoms with van der Waals surface area (Å²) in [5, 5.41) is 0.0729. The third kappa shape index (κ3) is 8.31. The van der Waals surface area contributed by atoms with Crippen molar-refractivity contribution in [2.75, 3.05) is 13.2 Å². The first kappa shape index (κ1) is 25.4. The lowest BCUT2D eigenvalue weighted by atomic mass is 10.0. The number of rotatable bonds is 11. The van der Waals surface area contributed by atoms with Crippen LogP contribution in [-0.4, -0.2) is 39.6 Å². The molecule has 29 heavy (non-hydrogen) atoms. The molecule has 0 aliphatic carbocycles. The largest absolute Gasteiger partial charge is 0.463 e. The molecule has 0 bridgehead atoms. The van der Waals surface area contributed by atoms with Gasteiger partial charge in [0.2, 0.25) is 0 Å². The standard InChI is InChI=1S/C23H38O5Si/c1-9-26-22(25)19(12-10-11-18-13-14-27-21(18)24)16-20(15-17(2)3)28-29(7,8)23(4,5)6/h12-13,20H,2,9-11,14-16H2,1,3-8H3/b19-12+/t20-/m0/s1. The second-order valence-corrected chi connectivity index (χ2v) is 13.9. The Bertz CT molecular complexity index is 667. The summed E-state index contributed by atoms with van der Waals surface area (Å²) < 4.78 is 16.8. The number of hydrogen-bond donors (Lipinski definition) is 0. The summed E-state index contributed by atoms with van der Waals surface area (Å²) in [6.45, 7) is 19.5. The molecular weight excluding hydrogens is 384 g/mol. The summed E-state index contributed by atoms with van der Waals surface area (Å²) >= 11 is 0. The van der Waals surface area contributed by atoms with Gasteiger partial charge in [0.25, 0.3) is 0 Å². The van der Waals surface area contributed by atoms with E-state index in [2.05, 4.69) is 40.4 Å². The highest BCUT2D eigenvalue weighted by Gasteiger charge is 2.39. The molecule has 1 aliphatic heterocycles. The summed E-state index contributed by atoms with van der Waals surface area (Å²) in [4.78, 5) is 24.2. The molecule has 6 heteroatoms. The average Bonchev–Trinajstić information content (AvgIpc) is 2.97. The van der Waals surface area contributed by atoms with Crippen molar-refractivity contribution in [3.63, 3.8) is 0 Å². The molecule has 0 N–H and O–H groups in total. The van der Waals surface area contributed by atoms with Crippen molar-refractivity contribution in [2.24, 2.45) is 0 Å².